The first-order valence-electron chi connectivity index (χ1n) is 10.2. The molecule has 0 atom stereocenters. The Balaban J connectivity index is 1.54. The molecule has 1 aliphatic rings. The number of carbonyl (C=O) groups is 1. The van der Waals surface area contributed by atoms with E-state index in [9.17, 15) is 18.0 Å². The number of rotatable bonds is 5. The zero-order chi connectivity index (χ0) is 21.9. The van der Waals surface area contributed by atoms with Gasteiger partial charge in [-0.05, 0) is 36.8 Å². The SMILES string of the molecule is Cc1nc(N2CCC(C(=O)NCc3ccc(C(C)C)cc3)CC2)cc(C(F)(F)F)n1. The second-order valence-corrected chi connectivity index (χ2v) is 8.03. The quantitative estimate of drug-likeness (QED) is 0.776. The van der Waals surface area contributed by atoms with E-state index in [0.29, 0.717) is 38.4 Å². The molecule has 2 aromatic rings. The first-order chi connectivity index (χ1) is 14.1. The Hall–Kier alpha value is -2.64. The van der Waals surface area contributed by atoms with Gasteiger partial charge in [-0.3, -0.25) is 4.79 Å². The monoisotopic (exact) mass is 420 g/mol. The van der Waals surface area contributed by atoms with Gasteiger partial charge in [0.1, 0.15) is 17.3 Å². The fourth-order valence-corrected chi connectivity index (χ4v) is 3.58. The zero-order valence-electron chi connectivity index (χ0n) is 17.5. The number of nitrogens with one attached hydrogen (secondary N) is 1. The molecule has 0 unspecified atom stereocenters. The van der Waals surface area contributed by atoms with Crippen molar-refractivity contribution in [2.75, 3.05) is 18.0 Å². The number of aryl methyl sites for hydroxylation is 1. The molecule has 1 aliphatic heterocycles. The van der Waals surface area contributed by atoms with Crippen molar-refractivity contribution in [3.63, 3.8) is 0 Å². The molecule has 1 N–H and O–H groups in total. The van der Waals surface area contributed by atoms with Gasteiger partial charge in [-0.1, -0.05) is 38.1 Å². The summed E-state index contributed by atoms with van der Waals surface area (Å²) >= 11 is 0. The normalized spacial score (nSPS) is 15.5. The highest BCUT2D eigenvalue weighted by atomic mass is 19.4. The predicted molar refractivity (Wildman–Crippen MR) is 109 cm³/mol. The summed E-state index contributed by atoms with van der Waals surface area (Å²) in [5.41, 5.74) is 1.36. The first-order valence-corrected chi connectivity index (χ1v) is 10.2. The summed E-state index contributed by atoms with van der Waals surface area (Å²) in [5.74, 6) is 0.644. The molecule has 2 heterocycles. The maximum absolute atomic E-state index is 13.0. The third kappa shape index (κ3) is 5.49. The van der Waals surface area contributed by atoms with Crippen molar-refractivity contribution in [3.8, 4) is 0 Å². The number of anilines is 1. The minimum atomic E-state index is -4.51. The Kier molecular flexibility index (Phi) is 6.63. The lowest BCUT2D eigenvalue weighted by molar-refractivity contribution is -0.141. The fraction of sp³-hybridized carbons (Fsp3) is 0.500. The maximum atomic E-state index is 13.0. The van der Waals surface area contributed by atoms with Crippen molar-refractivity contribution in [3.05, 3.63) is 53.0 Å². The number of halogens is 3. The molecule has 0 aliphatic carbocycles. The second kappa shape index (κ2) is 9.02. The average Bonchev–Trinajstić information content (AvgIpc) is 2.71. The predicted octanol–water partition coefficient (Wildman–Crippen LogP) is 4.46. The van der Waals surface area contributed by atoms with Crippen molar-refractivity contribution < 1.29 is 18.0 Å². The minimum Gasteiger partial charge on any atom is -0.356 e. The van der Waals surface area contributed by atoms with Crippen LogP contribution >= 0.6 is 0 Å². The van der Waals surface area contributed by atoms with Gasteiger partial charge in [0.15, 0.2) is 0 Å². The van der Waals surface area contributed by atoms with Gasteiger partial charge in [-0.25, -0.2) is 9.97 Å². The van der Waals surface area contributed by atoms with E-state index >= 15 is 0 Å². The van der Waals surface area contributed by atoms with Crippen LogP contribution in [0.1, 0.15) is 55.3 Å². The van der Waals surface area contributed by atoms with Gasteiger partial charge in [-0.2, -0.15) is 13.2 Å². The van der Waals surface area contributed by atoms with Crippen LogP contribution in [0.3, 0.4) is 0 Å². The number of alkyl halides is 3. The van der Waals surface area contributed by atoms with Crippen molar-refractivity contribution >= 4 is 11.7 Å². The van der Waals surface area contributed by atoms with Crippen molar-refractivity contribution in [1.82, 2.24) is 15.3 Å². The number of piperidine rings is 1. The largest absolute Gasteiger partial charge is 0.433 e. The standard InChI is InChI=1S/C22H27F3N4O/c1-14(2)17-6-4-16(5-7-17)13-26-21(30)18-8-10-29(11-9-18)20-12-19(22(23,24)25)27-15(3)28-20/h4-7,12,14,18H,8-11,13H2,1-3H3,(H,26,30). The van der Waals surface area contributed by atoms with E-state index in [-0.39, 0.29) is 23.5 Å². The van der Waals surface area contributed by atoms with Gasteiger partial charge < -0.3 is 10.2 Å². The molecule has 1 aromatic heterocycles. The molecule has 8 heteroatoms. The van der Waals surface area contributed by atoms with Gasteiger partial charge in [0.25, 0.3) is 0 Å². The number of benzene rings is 1. The first kappa shape index (κ1) is 22.1. The Morgan fingerprint density at radius 3 is 2.37 bits per heavy atom. The third-order valence-corrected chi connectivity index (χ3v) is 5.42. The van der Waals surface area contributed by atoms with E-state index in [1.165, 1.54) is 12.5 Å². The van der Waals surface area contributed by atoms with Crippen LogP contribution in [0.2, 0.25) is 0 Å². The lowest BCUT2D eigenvalue weighted by atomic mass is 9.95. The zero-order valence-corrected chi connectivity index (χ0v) is 17.5. The van der Waals surface area contributed by atoms with Crippen LogP contribution in [0.15, 0.2) is 30.3 Å². The van der Waals surface area contributed by atoms with Crippen LogP contribution in [-0.2, 0) is 17.5 Å². The average molecular weight is 420 g/mol. The molecular formula is C22H27F3N4O. The lowest BCUT2D eigenvalue weighted by Gasteiger charge is -2.32. The number of nitrogens with zero attached hydrogens (tertiary/aromatic N) is 3. The Bertz CT molecular complexity index is 873. The maximum Gasteiger partial charge on any atom is 0.433 e. The summed E-state index contributed by atoms with van der Waals surface area (Å²) < 4.78 is 39.0. The fourth-order valence-electron chi connectivity index (χ4n) is 3.58. The molecule has 1 saturated heterocycles. The van der Waals surface area contributed by atoms with E-state index in [2.05, 4.69) is 41.3 Å². The smallest absolute Gasteiger partial charge is 0.356 e. The third-order valence-electron chi connectivity index (χ3n) is 5.42. The van der Waals surface area contributed by atoms with Crippen molar-refractivity contribution in [1.29, 1.82) is 0 Å². The summed E-state index contributed by atoms with van der Waals surface area (Å²) in [6, 6.07) is 9.17. The van der Waals surface area contributed by atoms with Gasteiger partial charge in [0.2, 0.25) is 5.91 Å². The Morgan fingerprint density at radius 1 is 1.17 bits per heavy atom. The van der Waals surface area contributed by atoms with Crippen LogP contribution in [0.5, 0.6) is 0 Å². The van der Waals surface area contributed by atoms with Gasteiger partial charge >= 0.3 is 6.18 Å². The van der Waals surface area contributed by atoms with E-state index in [1.54, 1.807) is 4.90 Å². The number of hydrogen-bond donors (Lipinski definition) is 1. The molecule has 3 rings (SSSR count). The second-order valence-electron chi connectivity index (χ2n) is 8.03. The number of aromatic nitrogens is 2. The molecule has 5 nitrogen and oxygen atoms in total. The topological polar surface area (TPSA) is 58.1 Å². The van der Waals surface area contributed by atoms with Gasteiger partial charge in [0.05, 0.1) is 0 Å². The lowest BCUT2D eigenvalue weighted by Crippen LogP contribution is -2.40. The number of amides is 1. The van der Waals surface area contributed by atoms with Gasteiger partial charge in [0, 0.05) is 31.6 Å². The molecule has 1 aromatic carbocycles. The van der Waals surface area contributed by atoms with E-state index in [4.69, 9.17) is 0 Å². The highest BCUT2D eigenvalue weighted by Gasteiger charge is 2.34. The molecule has 0 spiro atoms. The van der Waals surface area contributed by atoms with Crippen LogP contribution in [0.25, 0.3) is 0 Å². The molecule has 0 bridgehead atoms. The van der Waals surface area contributed by atoms with Crippen LogP contribution in [-0.4, -0.2) is 29.0 Å². The number of hydrogen-bond acceptors (Lipinski definition) is 4. The number of carbonyl (C=O) groups excluding carboxylic acids is 1. The summed E-state index contributed by atoms with van der Waals surface area (Å²) in [4.78, 5) is 22.0. The summed E-state index contributed by atoms with van der Waals surface area (Å²) in [6.45, 7) is 7.15. The minimum absolute atomic E-state index is 0.0163. The van der Waals surface area contributed by atoms with E-state index in [1.807, 2.05) is 12.1 Å². The van der Waals surface area contributed by atoms with Crippen molar-refractivity contribution in [2.24, 2.45) is 5.92 Å². The molecule has 1 amide bonds. The Labute approximate surface area is 174 Å². The van der Waals surface area contributed by atoms with E-state index in [0.717, 1.165) is 11.6 Å². The molecular weight excluding hydrogens is 393 g/mol. The Morgan fingerprint density at radius 2 is 1.80 bits per heavy atom. The highest BCUT2D eigenvalue weighted by Crippen LogP contribution is 2.31. The van der Waals surface area contributed by atoms with Crippen LogP contribution in [0.4, 0.5) is 19.0 Å². The molecule has 1 fully saturated rings. The van der Waals surface area contributed by atoms with Crippen molar-refractivity contribution in [2.45, 2.75) is 52.3 Å². The van der Waals surface area contributed by atoms with Gasteiger partial charge in [-0.15, -0.1) is 0 Å². The van der Waals surface area contributed by atoms with Crippen LogP contribution in [0, 0.1) is 12.8 Å². The molecule has 0 radical (unpaired) electrons. The summed E-state index contributed by atoms with van der Waals surface area (Å²) in [7, 11) is 0. The van der Waals surface area contributed by atoms with E-state index < -0.39 is 11.9 Å². The molecule has 30 heavy (non-hydrogen) atoms. The summed E-state index contributed by atoms with van der Waals surface area (Å²) in [5, 5.41) is 2.98. The molecule has 162 valence electrons. The summed E-state index contributed by atoms with van der Waals surface area (Å²) in [6.07, 6.45) is -3.36. The molecule has 0 saturated carbocycles. The van der Waals surface area contributed by atoms with Crippen LogP contribution < -0.4 is 10.2 Å². The highest BCUT2D eigenvalue weighted by molar-refractivity contribution is 5.79.